The van der Waals surface area contributed by atoms with Crippen molar-refractivity contribution in [3.8, 4) is 11.8 Å². The predicted octanol–water partition coefficient (Wildman–Crippen LogP) is 6.20. The van der Waals surface area contributed by atoms with Gasteiger partial charge >= 0.3 is 5.69 Å². The van der Waals surface area contributed by atoms with Gasteiger partial charge in [-0.15, -0.1) is 11.3 Å². The topological polar surface area (TPSA) is 118 Å². The van der Waals surface area contributed by atoms with Crippen LogP contribution in [0.1, 0.15) is 39.2 Å². The van der Waals surface area contributed by atoms with Crippen molar-refractivity contribution in [2.24, 2.45) is 4.99 Å². The molecule has 1 aliphatic rings. The van der Waals surface area contributed by atoms with E-state index in [4.69, 9.17) is 10.00 Å². The minimum atomic E-state index is -0.572. The van der Waals surface area contributed by atoms with E-state index in [2.05, 4.69) is 26.2 Å². The van der Waals surface area contributed by atoms with E-state index in [9.17, 15) is 14.9 Å². The van der Waals surface area contributed by atoms with Crippen molar-refractivity contribution in [3.05, 3.63) is 78.6 Å². The zero-order chi connectivity index (χ0) is 24.1. The summed E-state index contributed by atoms with van der Waals surface area (Å²) in [4.78, 5) is 29.9. The number of nitrogens with zero attached hydrogens (tertiary/aromatic N) is 3. The van der Waals surface area contributed by atoms with Crippen LogP contribution in [0.25, 0.3) is 0 Å². The maximum Gasteiger partial charge on any atom is 0.312 e. The maximum absolute atomic E-state index is 13.2. The number of amides is 1. The molecule has 10 heteroatoms. The van der Waals surface area contributed by atoms with Crippen LogP contribution in [0.5, 0.6) is 5.75 Å². The summed E-state index contributed by atoms with van der Waals surface area (Å²) in [5, 5.41) is 23.8. The summed E-state index contributed by atoms with van der Waals surface area (Å²) in [7, 11) is 0. The first kappa shape index (κ1) is 23.6. The highest BCUT2D eigenvalue weighted by Crippen LogP contribution is 2.41. The highest BCUT2D eigenvalue weighted by molar-refractivity contribution is 9.10. The van der Waals surface area contributed by atoms with Crippen molar-refractivity contribution in [3.63, 3.8) is 0 Å². The standard InChI is InChI=1S/C24H19BrN4O4S/c25-18-12-15(13-19(29(31)32)22(18)33-11-10-26)14-27-24-21(17-8-4-5-9-20(17)34-24)23(30)28-16-6-2-1-3-7-16/h1-3,6-7,12-14H,4-5,8-9,11H2,(H,28,30). The van der Waals surface area contributed by atoms with Gasteiger partial charge in [0, 0.05) is 28.4 Å². The number of ether oxygens (including phenoxy) is 1. The van der Waals surface area contributed by atoms with Gasteiger partial charge in [0.1, 0.15) is 11.1 Å². The fourth-order valence-electron chi connectivity index (χ4n) is 3.78. The number of para-hydroxylation sites is 1. The van der Waals surface area contributed by atoms with Gasteiger partial charge in [0.05, 0.1) is 15.0 Å². The van der Waals surface area contributed by atoms with Crippen LogP contribution in [-0.4, -0.2) is 23.7 Å². The normalized spacial score (nSPS) is 12.7. The number of carbonyl (C=O) groups excluding carboxylic acids is 1. The van der Waals surface area contributed by atoms with Gasteiger partial charge in [0.2, 0.25) is 5.75 Å². The SMILES string of the molecule is N#CCOc1c(Br)cc(C=Nc2sc3c(c2C(=O)Nc2ccccc2)CCCC3)cc1[N+](=O)[O-]. The number of nitro groups is 1. The van der Waals surface area contributed by atoms with Gasteiger partial charge < -0.3 is 10.1 Å². The fraction of sp³-hybridized carbons (Fsp3) is 0.208. The molecule has 8 nitrogen and oxygen atoms in total. The Labute approximate surface area is 208 Å². The highest BCUT2D eigenvalue weighted by atomic mass is 79.9. The molecule has 2 aromatic carbocycles. The van der Waals surface area contributed by atoms with Crippen LogP contribution < -0.4 is 10.1 Å². The van der Waals surface area contributed by atoms with E-state index in [1.165, 1.54) is 23.6 Å². The summed E-state index contributed by atoms with van der Waals surface area (Å²) < 4.78 is 5.55. The number of nitrogens with one attached hydrogen (secondary N) is 1. The van der Waals surface area contributed by atoms with Crippen LogP contribution in [0.15, 0.2) is 51.9 Å². The molecule has 0 atom stereocenters. The summed E-state index contributed by atoms with van der Waals surface area (Å²) in [5.41, 5.74) is 2.47. The summed E-state index contributed by atoms with van der Waals surface area (Å²) in [6, 6.07) is 14.0. The Morgan fingerprint density at radius 3 is 2.79 bits per heavy atom. The van der Waals surface area contributed by atoms with E-state index in [-0.39, 0.29) is 24.0 Å². The molecule has 0 spiro atoms. The molecule has 172 valence electrons. The van der Waals surface area contributed by atoms with Gasteiger partial charge in [-0.05, 0) is 65.4 Å². The van der Waals surface area contributed by atoms with Crippen LogP contribution in [0.3, 0.4) is 0 Å². The molecule has 1 heterocycles. The fourth-order valence-corrected chi connectivity index (χ4v) is 5.59. The maximum atomic E-state index is 13.2. The second-order valence-corrected chi connectivity index (χ2v) is 9.46. The molecule has 0 saturated heterocycles. The van der Waals surface area contributed by atoms with E-state index >= 15 is 0 Å². The molecule has 0 radical (unpaired) electrons. The van der Waals surface area contributed by atoms with E-state index in [0.717, 1.165) is 36.1 Å². The first-order chi connectivity index (χ1) is 16.5. The Kier molecular flexibility index (Phi) is 7.35. The number of nitro benzene ring substituents is 1. The largest absolute Gasteiger partial charge is 0.471 e. The van der Waals surface area contributed by atoms with E-state index in [0.29, 0.717) is 26.3 Å². The number of anilines is 1. The zero-order valence-corrected chi connectivity index (χ0v) is 20.3. The molecule has 3 aromatic rings. The lowest BCUT2D eigenvalue weighted by molar-refractivity contribution is -0.385. The number of halogens is 1. The summed E-state index contributed by atoms with van der Waals surface area (Å²) in [6.45, 7) is -0.312. The molecular weight excluding hydrogens is 520 g/mol. The van der Waals surface area contributed by atoms with Crippen molar-refractivity contribution in [2.75, 3.05) is 11.9 Å². The second kappa shape index (κ2) is 10.6. The number of carbonyl (C=O) groups is 1. The molecular formula is C24H19BrN4O4S. The number of thiophene rings is 1. The summed E-state index contributed by atoms with van der Waals surface area (Å²) in [5.74, 6) is -0.233. The molecule has 34 heavy (non-hydrogen) atoms. The number of benzene rings is 2. The average Bonchev–Trinajstić information content (AvgIpc) is 3.21. The third kappa shape index (κ3) is 5.16. The zero-order valence-electron chi connectivity index (χ0n) is 17.9. The number of nitriles is 1. The number of aliphatic imine (C=N–C) groups is 1. The summed E-state index contributed by atoms with van der Waals surface area (Å²) in [6.07, 6.45) is 5.31. The Bertz CT molecular complexity index is 1310. The molecule has 0 aliphatic heterocycles. The van der Waals surface area contributed by atoms with Crippen molar-refractivity contribution in [1.29, 1.82) is 5.26 Å². The first-order valence-electron chi connectivity index (χ1n) is 10.5. The quantitative estimate of drug-likeness (QED) is 0.218. The Morgan fingerprint density at radius 2 is 2.06 bits per heavy atom. The predicted molar refractivity (Wildman–Crippen MR) is 135 cm³/mol. The summed E-state index contributed by atoms with van der Waals surface area (Å²) >= 11 is 4.77. The monoisotopic (exact) mass is 538 g/mol. The third-order valence-electron chi connectivity index (χ3n) is 5.27. The molecule has 4 rings (SSSR count). The number of fused-ring (bicyclic) bond motifs is 1. The van der Waals surface area contributed by atoms with Crippen LogP contribution in [0.4, 0.5) is 16.4 Å². The number of rotatable bonds is 7. The van der Waals surface area contributed by atoms with Crippen molar-refractivity contribution in [1.82, 2.24) is 0 Å². The second-order valence-electron chi connectivity index (χ2n) is 7.52. The van der Waals surface area contributed by atoms with Gasteiger partial charge in [-0.1, -0.05) is 18.2 Å². The smallest absolute Gasteiger partial charge is 0.312 e. The Balaban J connectivity index is 1.69. The average molecular weight is 539 g/mol. The lowest BCUT2D eigenvalue weighted by Crippen LogP contribution is -2.14. The third-order valence-corrected chi connectivity index (χ3v) is 7.06. The van der Waals surface area contributed by atoms with Gasteiger partial charge in [-0.3, -0.25) is 14.9 Å². The highest BCUT2D eigenvalue weighted by Gasteiger charge is 2.25. The van der Waals surface area contributed by atoms with Crippen LogP contribution in [0.2, 0.25) is 0 Å². The van der Waals surface area contributed by atoms with E-state index in [1.54, 1.807) is 12.1 Å². The Hall–Kier alpha value is -3.55. The molecule has 1 amide bonds. The number of hydrogen-bond acceptors (Lipinski definition) is 7. The van der Waals surface area contributed by atoms with Crippen LogP contribution >= 0.6 is 27.3 Å². The van der Waals surface area contributed by atoms with Crippen molar-refractivity contribution in [2.45, 2.75) is 25.7 Å². The van der Waals surface area contributed by atoms with E-state index in [1.807, 2.05) is 30.3 Å². The van der Waals surface area contributed by atoms with Crippen LogP contribution in [-0.2, 0) is 12.8 Å². The molecule has 1 aromatic heterocycles. The number of hydrogen-bond donors (Lipinski definition) is 1. The molecule has 0 fully saturated rings. The minimum absolute atomic E-state index is 0.0155. The number of aryl methyl sites for hydroxylation is 1. The lowest BCUT2D eigenvalue weighted by atomic mass is 9.95. The lowest BCUT2D eigenvalue weighted by Gasteiger charge is -2.12. The van der Waals surface area contributed by atoms with E-state index < -0.39 is 4.92 Å². The van der Waals surface area contributed by atoms with Gasteiger partial charge in [-0.25, -0.2) is 4.99 Å². The van der Waals surface area contributed by atoms with Gasteiger partial charge in [0.15, 0.2) is 6.61 Å². The van der Waals surface area contributed by atoms with Gasteiger partial charge in [-0.2, -0.15) is 5.26 Å². The molecule has 0 unspecified atom stereocenters. The molecule has 0 bridgehead atoms. The van der Waals surface area contributed by atoms with Gasteiger partial charge in [0.25, 0.3) is 5.91 Å². The molecule has 1 aliphatic carbocycles. The Morgan fingerprint density at radius 1 is 1.29 bits per heavy atom. The molecule has 1 N–H and O–H groups in total. The van der Waals surface area contributed by atoms with Crippen molar-refractivity contribution >= 4 is 55.8 Å². The van der Waals surface area contributed by atoms with Crippen LogP contribution in [0, 0.1) is 21.4 Å². The first-order valence-corrected chi connectivity index (χ1v) is 12.1. The molecule has 0 saturated carbocycles. The minimum Gasteiger partial charge on any atom is -0.471 e. The van der Waals surface area contributed by atoms with Crippen molar-refractivity contribution < 1.29 is 14.5 Å².